The SMILES string of the molecule is COCCN1C(=O)C(=O)C(=C(O)c2ccc(OC)c(C)c2)[C@@H]1c1ccc(OC)cc1OC. The van der Waals surface area contributed by atoms with Crippen LogP contribution in [0.1, 0.15) is 22.7 Å². The lowest BCUT2D eigenvalue weighted by atomic mass is 9.94. The van der Waals surface area contributed by atoms with Gasteiger partial charge in [0.1, 0.15) is 23.0 Å². The van der Waals surface area contributed by atoms with E-state index in [0.717, 1.165) is 5.56 Å². The smallest absolute Gasteiger partial charge is 0.295 e. The van der Waals surface area contributed by atoms with E-state index in [0.29, 0.717) is 28.4 Å². The Bertz CT molecular complexity index is 1060. The minimum atomic E-state index is -0.853. The molecule has 1 fully saturated rings. The Labute approximate surface area is 187 Å². The first-order chi connectivity index (χ1) is 15.4. The molecule has 0 aliphatic carbocycles. The summed E-state index contributed by atoms with van der Waals surface area (Å²) >= 11 is 0. The molecule has 0 saturated carbocycles. The number of ketones is 1. The van der Waals surface area contributed by atoms with Gasteiger partial charge in [0.2, 0.25) is 0 Å². The molecule has 0 bridgehead atoms. The lowest BCUT2D eigenvalue weighted by Crippen LogP contribution is -2.32. The first-order valence-electron chi connectivity index (χ1n) is 10.0. The van der Waals surface area contributed by atoms with Crippen LogP contribution in [0.5, 0.6) is 17.2 Å². The highest BCUT2D eigenvalue weighted by Crippen LogP contribution is 2.43. The van der Waals surface area contributed by atoms with Crippen LogP contribution < -0.4 is 14.2 Å². The van der Waals surface area contributed by atoms with Crippen LogP contribution in [0.3, 0.4) is 0 Å². The van der Waals surface area contributed by atoms with Crippen molar-refractivity contribution in [3.8, 4) is 17.2 Å². The highest BCUT2D eigenvalue weighted by molar-refractivity contribution is 6.46. The number of amides is 1. The molecule has 8 heteroatoms. The van der Waals surface area contributed by atoms with Gasteiger partial charge in [-0.15, -0.1) is 0 Å². The number of hydrogen-bond donors (Lipinski definition) is 1. The van der Waals surface area contributed by atoms with E-state index >= 15 is 0 Å². The van der Waals surface area contributed by atoms with Gasteiger partial charge in [0.15, 0.2) is 0 Å². The molecule has 1 aliphatic rings. The number of benzene rings is 2. The van der Waals surface area contributed by atoms with Crippen molar-refractivity contribution in [3.63, 3.8) is 0 Å². The van der Waals surface area contributed by atoms with E-state index in [1.165, 1.54) is 26.2 Å². The topological polar surface area (TPSA) is 94.5 Å². The minimum Gasteiger partial charge on any atom is -0.507 e. The van der Waals surface area contributed by atoms with Crippen LogP contribution in [-0.2, 0) is 14.3 Å². The molecular formula is C24H27NO7. The summed E-state index contributed by atoms with van der Waals surface area (Å²) in [5.74, 6) is -0.111. The maximum absolute atomic E-state index is 13.1. The Hall–Kier alpha value is -3.52. The first kappa shape index (κ1) is 23.1. The summed E-state index contributed by atoms with van der Waals surface area (Å²) in [6.45, 7) is 2.22. The molecule has 2 aromatic carbocycles. The number of carbonyl (C=O) groups excluding carboxylic acids is 2. The minimum absolute atomic E-state index is 0.0147. The fourth-order valence-corrected chi connectivity index (χ4v) is 3.85. The number of aliphatic hydroxyl groups excluding tert-OH is 1. The molecule has 3 rings (SSSR count). The molecule has 1 heterocycles. The van der Waals surface area contributed by atoms with Crippen molar-refractivity contribution in [3.05, 3.63) is 58.7 Å². The van der Waals surface area contributed by atoms with E-state index < -0.39 is 17.7 Å². The van der Waals surface area contributed by atoms with E-state index in [9.17, 15) is 14.7 Å². The number of likely N-dealkylation sites (tertiary alicyclic amines) is 1. The van der Waals surface area contributed by atoms with E-state index in [1.54, 1.807) is 43.5 Å². The van der Waals surface area contributed by atoms with Crippen molar-refractivity contribution >= 4 is 17.4 Å². The highest BCUT2D eigenvalue weighted by atomic mass is 16.5. The fourth-order valence-electron chi connectivity index (χ4n) is 3.85. The van der Waals surface area contributed by atoms with E-state index in [-0.39, 0.29) is 24.5 Å². The van der Waals surface area contributed by atoms with Gasteiger partial charge >= 0.3 is 0 Å². The summed E-state index contributed by atoms with van der Waals surface area (Å²) in [5, 5.41) is 11.2. The second-order valence-corrected chi connectivity index (χ2v) is 7.28. The average molecular weight is 441 g/mol. The third kappa shape index (κ3) is 4.13. The van der Waals surface area contributed by atoms with Crippen LogP contribution in [0.25, 0.3) is 5.76 Å². The van der Waals surface area contributed by atoms with Gasteiger partial charge in [-0.05, 0) is 42.8 Å². The molecule has 0 radical (unpaired) electrons. The van der Waals surface area contributed by atoms with Gasteiger partial charge in [-0.25, -0.2) is 0 Å². The maximum atomic E-state index is 13.1. The van der Waals surface area contributed by atoms with Crippen molar-refractivity contribution in [2.75, 3.05) is 41.6 Å². The van der Waals surface area contributed by atoms with Gasteiger partial charge < -0.3 is 29.0 Å². The molecule has 32 heavy (non-hydrogen) atoms. The number of Topliss-reactive ketones (excluding diaryl/α,β-unsaturated/α-hetero) is 1. The molecule has 1 atom stereocenters. The number of carbonyl (C=O) groups is 2. The van der Waals surface area contributed by atoms with Crippen molar-refractivity contribution in [2.24, 2.45) is 0 Å². The van der Waals surface area contributed by atoms with E-state index in [1.807, 2.05) is 6.92 Å². The Morgan fingerprint density at radius 3 is 2.28 bits per heavy atom. The van der Waals surface area contributed by atoms with Gasteiger partial charge in [-0.3, -0.25) is 9.59 Å². The van der Waals surface area contributed by atoms with Crippen molar-refractivity contribution in [1.82, 2.24) is 4.90 Å². The number of rotatable bonds is 8. The number of methoxy groups -OCH3 is 4. The van der Waals surface area contributed by atoms with Crippen molar-refractivity contribution in [1.29, 1.82) is 0 Å². The second-order valence-electron chi connectivity index (χ2n) is 7.28. The van der Waals surface area contributed by atoms with Crippen molar-refractivity contribution < 1.29 is 33.6 Å². The predicted molar refractivity (Wildman–Crippen MR) is 118 cm³/mol. The Morgan fingerprint density at radius 1 is 0.969 bits per heavy atom. The van der Waals surface area contributed by atoms with Gasteiger partial charge in [-0.2, -0.15) is 0 Å². The molecule has 170 valence electrons. The van der Waals surface area contributed by atoms with Gasteiger partial charge in [0.05, 0.1) is 39.6 Å². The van der Waals surface area contributed by atoms with Crippen LogP contribution in [0.2, 0.25) is 0 Å². The molecule has 8 nitrogen and oxygen atoms in total. The summed E-state index contributed by atoms with van der Waals surface area (Å²) in [5.41, 5.74) is 1.73. The normalized spacial score (nSPS) is 17.5. The van der Waals surface area contributed by atoms with Crippen LogP contribution in [0.4, 0.5) is 0 Å². The van der Waals surface area contributed by atoms with E-state index in [4.69, 9.17) is 18.9 Å². The molecular weight excluding hydrogens is 414 g/mol. The third-order valence-corrected chi connectivity index (χ3v) is 5.48. The number of aliphatic hydroxyl groups is 1. The largest absolute Gasteiger partial charge is 0.507 e. The van der Waals surface area contributed by atoms with Crippen LogP contribution >= 0.6 is 0 Å². The van der Waals surface area contributed by atoms with Gasteiger partial charge in [-0.1, -0.05) is 0 Å². The Kier molecular flexibility index (Phi) is 7.05. The average Bonchev–Trinajstić information content (AvgIpc) is 3.06. The molecule has 2 aromatic rings. The molecule has 0 aromatic heterocycles. The lowest BCUT2D eigenvalue weighted by molar-refractivity contribution is -0.140. The summed E-state index contributed by atoms with van der Waals surface area (Å²) in [4.78, 5) is 27.4. The monoisotopic (exact) mass is 441 g/mol. The summed E-state index contributed by atoms with van der Waals surface area (Å²) in [6.07, 6.45) is 0. The zero-order chi connectivity index (χ0) is 23.4. The number of hydrogen-bond acceptors (Lipinski definition) is 7. The van der Waals surface area contributed by atoms with Crippen molar-refractivity contribution in [2.45, 2.75) is 13.0 Å². The Morgan fingerprint density at radius 2 is 1.69 bits per heavy atom. The fraction of sp³-hybridized carbons (Fsp3) is 0.333. The molecule has 1 amide bonds. The summed E-state index contributed by atoms with van der Waals surface area (Å²) < 4.78 is 21.2. The number of ether oxygens (including phenoxy) is 4. The van der Waals surface area contributed by atoms with Crippen LogP contribution in [-0.4, -0.2) is 63.3 Å². The number of aryl methyl sites for hydroxylation is 1. The molecule has 1 aliphatic heterocycles. The third-order valence-electron chi connectivity index (χ3n) is 5.48. The van der Waals surface area contributed by atoms with Crippen LogP contribution in [0.15, 0.2) is 42.0 Å². The Balaban J connectivity index is 2.22. The summed E-state index contributed by atoms with van der Waals surface area (Å²) in [7, 11) is 6.09. The number of nitrogens with zero attached hydrogens (tertiary/aromatic N) is 1. The van der Waals surface area contributed by atoms with Crippen LogP contribution in [0, 0.1) is 6.92 Å². The maximum Gasteiger partial charge on any atom is 0.295 e. The molecule has 1 N–H and O–H groups in total. The van der Waals surface area contributed by atoms with Gasteiger partial charge in [0, 0.05) is 30.8 Å². The lowest BCUT2D eigenvalue weighted by Gasteiger charge is -2.26. The van der Waals surface area contributed by atoms with E-state index in [2.05, 4.69) is 0 Å². The second kappa shape index (κ2) is 9.74. The summed E-state index contributed by atoms with van der Waals surface area (Å²) in [6, 6.07) is 9.31. The van der Waals surface area contributed by atoms with Gasteiger partial charge in [0.25, 0.3) is 11.7 Å². The zero-order valence-electron chi connectivity index (χ0n) is 18.8. The molecule has 0 spiro atoms. The standard InChI is InChI=1S/C24H27NO7/c1-14-12-15(6-9-18(14)31-4)22(26)20-21(25(10-11-29-2)24(28)23(20)27)17-8-7-16(30-3)13-19(17)32-5/h6-9,12-13,21,26H,10-11H2,1-5H3/t21-/m0/s1. The quantitative estimate of drug-likeness (QED) is 0.382. The molecule has 0 unspecified atom stereocenters. The molecule has 1 saturated heterocycles. The first-order valence-corrected chi connectivity index (χ1v) is 10.0. The highest BCUT2D eigenvalue weighted by Gasteiger charge is 2.47. The predicted octanol–water partition coefficient (Wildman–Crippen LogP) is 3.09. The zero-order valence-corrected chi connectivity index (χ0v) is 18.8.